The van der Waals surface area contributed by atoms with E-state index in [9.17, 15) is 9.59 Å². The molecule has 0 atom stereocenters. The van der Waals surface area contributed by atoms with E-state index in [0.717, 1.165) is 25.0 Å². The number of nitrogens with one attached hydrogen (secondary N) is 1. The van der Waals surface area contributed by atoms with Gasteiger partial charge in [0.2, 0.25) is 6.41 Å². The summed E-state index contributed by atoms with van der Waals surface area (Å²) >= 11 is 1.39. The normalized spacial score (nSPS) is 9.93. The third kappa shape index (κ3) is 11.4. The van der Waals surface area contributed by atoms with Gasteiger partial charge in [0, 0.05) is 18.7 Å². The van der Waals surface area contributed by atoms with Crippen LogP contribution in [-0.2, 0) is 9.59 Å². The number of thioether (sulfide) groups is 1. The van der Waals surface area contributed by atoms with Crippen LogP contribution in [0.25, 0.3) is 0 Å². The van der Waals surface area contributed by atoms with Crippen LogP contribution < -0.4 is 5.32 Å². The van der Waals surface area contributed by atoms with Gasteiger partial charge in [0.25, 0.3) is 0 Å². The Morgan fingerprint density at radius 1 is 1.27 bits per heavy atom. The van der Waals surface area contributed by atoms with Gasteiger partial charge in [0.05, 0.1) is 0 Å². The van der Waals surface area contributed by atoms with E-state index >= 15 is 0 Å². The van der Waals surface area contributed by atoms with Crippen LogP contribution in [-0.4, -0.2) is 23.8 Å². The van der Waals surface area contributed by atoms with Crippen molar-refractivity contribution in [3.05, 3.63) is 0 Å². The van der Waals surface area contributed by atoms with Gasteiger partial charge in [-0.1, -0.05) is 37.9 Å². The van der Waals surface area contributed by atoms with Crippen molar-refractivity contribution in [2.75, 3.05) is 12.3 Å². The molecule has 0 aliphatic carbocycles. The lowest BCUT2D eigenvalue weighted by Crippen LogP contribution is -2.12. The number of rotatable bonds is 10. The van der Waals surface area contributed by atoms with Crippen LogP contribution >= 0.6 is 11.8 Å². The van der Waals surface area contributed by atoms with Crippen molar-refractivity contribution in [2.24, 2.45) is 0 Å². The topological polar surface area (TPSA) is 46.2 Å². The van der Waals surface area contributed by atoms with Crippen LogP contribution in [0.15, 0.2) is 0 Å². The van der Waals surface area contributed by atoms with E-state index in [4.69, 9.17) is 0 Å². The molecule has 0 fully saturated rings. The second-order valence-corrected chi connectivity index (χ2v) is 4.61. The average Bonchev–Trinajstić information content (AvgIpc) is 2.24. The Kier molecular flexibility index (Phi) is 11.2. The van der Waals surface area contributed by atoms with Gasteiger partial charge in [-0.05, 0) is 12.8 Å². The number of hydrogen-bond acceptors (Lipinski definition) is 3. The van der Waals surface area contributed by atoms with Crippen molar-refractivity contribution in [1.82, 2.24) is 5.32 Å². The van der Waals surface area contributed by atoms with Gasteiger partial charge in [-0.15, -0.1) is 0 Å². The van der Waals surface area contributed by atoms with E-state index in [2.05, 4.69) is 12.2 Å². The minimum Gasteiger partial charge on any atom is -0.359 e. The Balaban J connectivity index is 3.15. The van der Waals surface area contributed by atoms with E-state index in [0.29, 0.717) is 19.4 Å². The molecule has 0 rings (SSSR count). The fourth-order valence-electron chi connectivity index (χ4n) is 1.19. The molecule has 4 heteroatoms. The largest absolute Gasteiger partial charge is 0.359 e. The number of carbonyl (C=O) groups excluding carboxylic acids is 2. The van der Waals surface area contributed by atoms with Crippen LogP contribution in [0.3, 0.4) is 0 Å². The molecule has 0 spiro atoms. The Hall–Kier alpha value is -0.510. The first-order valence-electron chi connectivity index (χ1n) is 5.64. The van der Waals surface area contributed by atoms with Crippen molar-refractivity contribution < 1.29 is 9.59 Å². The lowest BCUT2D eigenvalue weighted by molar-refractivity contribution is -0.111. The molecule has 0 aromatic heterocycles. The third-order valence-electron chi connectivity index (χ3n) is 2.05. The molecule has 0 saturated carbocycles. The van der Waals surface area contributed by atoms with Gasteiger partial charge in [-0.25, -0.2) is 0 Å². The molecule has 0 saturated heterocycles. The lowest BCUT2D eigenvalue weighted by Gasteiger charge is -2.00. The summed E-state index contributed by atoms with van der Waals surface area (Å²) in [4.78, 5) is 21.2. The zero-order valence-electron chi connectivity index (χ0n) is 9.46. The highest BCUT2D eigenvalue weighted by molar-refractivity contribution is 8.13. The maximum absolute atomic E-state index is 11.3. The van der Waals surface area contributed by atoms with Crippen molar-refractivity contribution in [1.29, 1.82) is 0 Å². The van der Waals surface area contributed by atoms with E-state index in [1.54, 1.807) is 0 Å². The van der Waals surface area contributed by atoms with E-state index in [1.807, 2.05) is 0 Å². The van der Waals surface area contributed by atoms with Gasteiger partial charge in [-0.3, -0.25) is 9.59 Å². The van der Waals surface area contributed by atoms with E-state index < -0.39 is 0 Å². The summed E-state index contributed by atoms with van der Waals surface area (Å²) in [6, 6.07) is 0. The fraction of sp³-hybridized carbons (Fsp3) is 0.818. The highest BCUT2D eigenvalue weighted by Crippen LogP contribution is 2.11. The van der Waals surface area contributed by atoms with Crippen LogP contribution in [0.2, 0.25) is 0 Å². The summed E-state index contributed by atoms with van der Waals surface area (Å²) < 4.78 is 0. The Labute approximate surface area is 96.4 Å². The van der Waals surface area contributed by atoms with Gasteiger partial charge in [0.1, 0.15) is 0 Å². The molecule has 0 aliphatic rings. The fourth-order valence-corrected chi connectivity index (χ4v) is 1.99. The van der Waals surface area contributed by atoms with Gasteiger partial charge < -0.3 is 5.32 Å². The van der Waals surface area contributed by atoms with Crippen molar-refractivity contribution in [2.45, 2.75) is 45.4 Å². The molecule has 3 nitrogen and oxygen atoms in total. The van der Waals surface area contributed by atoms with Gasteiger partial charge in [-0.2, -0.15) is 0 Å². The first-order valence-corrected chi connectivity index (χ1v) is 6.62. The van der Waals surface area contributed by atoms with E-state index in [-0.39, 0.29) is 5.12 Å². The molecule has 0 radical (unpaired) electrons. The maximum Gasteiger partial charge on any atom is 0.207 e. The summed E-state index contributed by atoms with van der Waals surface area (Å²) in [6.07, 6.45) is 6.87. The lowest BCUT2D eigenvalue weighted by atomic mass is 10.2. The summed E-state index contributed by atoms with van der Waals surface area (Å²) in [5.41, 5.74) is 0. The smallest absolute Gasteiger partial charge is 0.207 e. The molecule has 0 aliphatic heterocycles. The molecule has 0 bridgehead atoms. The Bertz CT molecular complexity index is 174. The van der Waals surface area contributed by atoms with Crippen LogP contribution in [0.5, 0.6) is 0 Å². The number of carbonyl (C=O) groups is 2. The molecule has 88 valence electrons. The van der Waals surface area contributed by atoms with Crippen molar-refractivity contribution in [3.8, 4) is 0 Å². The van der Waals surface area contributed by atoms with Crippen LogP contribution in [0.4, 0.5) is 0 Å². The first-order chi connectivity index (χ1) is 7.31. The minimum absolute atomic E-state index is 0.289. The summed E-state index contributed by atoms with van der Waals surface area (Å²) in [5.74, 6) is 0.813. The molecule has 15 heavy (non-hydrogen) atoms. The molecule has 0 heterocycles. The molecular weight excluding hydrogens is 210 g/mol. The van der Waals surface area contributed by atoms with Crippen molar-refractivity contribution in [3.63, 3.8) is 0 Å². The summed E-state index contributed by atoms with van der Waals surface area (Å²) in [7, 11) is 0. The van der Waals surface area contributed by atoms with Crippen molar-refractivity contribution >= 4 is 23.3 Å². The molecule has 1 N–H and O–H groups in total. The highest BCUT2D eigenvalue weighted by atomic mass is 32.2. The zero-order chi connectivity index (χ0) is 11.4. The average molecular weight is 231 g/mol. The SMILES string of the molecule is CCCCCCC(=O)SCCCNC=O. The number of hydrogen-bond donors (Lipinski definition) is 1. The molecule has 1 amide bonds. The molecule has 0 aromatic carbocycles. The summed E-state index contributed by atoms with van der Waals surface area (Å²) in [6.45, 7) is 2.83. The standard InChI is InChI=1S/C11H21NO2S/c1-2-3-4-5-7-11(14)15-9-6-8-12-10-13/h10H,2-9H2,1H3,(H,12,13). The van der Waals surface area contributed by atoms with Crippen LogP contribution in [0, 0.1) is 0 Å². The van der Waals surface area contributed by atoms with E-state index in [1.165, 1.54) is 24.6 Å². The number of amides is 1. The third-order valence-corrected chi connectivity index (χ3v) is 3.07. The Morgan fingerprint density at radius 2 is 2.07 bits per heavy atom. The second kappa shape index (κ2) is 11.6. The quantitative estimate of drug-likeness (QED) is 0.464. The predicted octanol–water partition coefficient (Wildman–Crippen LogP) is 2.35. The number of unbranched alkanes of at least 4 members (excludes halogenated alkanes) is 3. The Morgan fingerprint density at radius 3 is 2.73 bits per heavy atom. The van der Waals surface area contributed by atoms with Gasteiger partial charge in [0.15, 0.2) is 5.12 Å². The van der Waals surface area contributed by atoms with Gasteiger partial charge >= 0.3 is 0 Å². The molecule has 0 aromatic rings. The van der Waals surface area contributed by atoms with Crippen LogP contribution in [0.1, 0.15) is 45.4 Å². The zero-order valence-corrected chi connectivity index (χ0v) is 10.3. The monoisotopic (exact) mass is 231 g/mol. The highest BCUT2D eigenvalue weighted by Gasteiger charge is 2.01. The minimum atomic E-state index is 0.289. The molecular formula is C11H21NO2S. The second-order valence-electron chi connectivity index (χ2n) is 3.46. The summed E-state index contributed by atoms with van der Waals surface area (Å²) in [5, 5.41) is 2.87. The predicted molar refractivity (Wildman–Crippen MR) is 64.9 cm³/mol. The molecule has 0 unspecified atom stereocenters. The first kappa shape index (κ1) is 14.5. The maximum atomic E-state index is 11.3.